The van der Waals surface area contributed by atoms with Crippen LogP contribution in [0.25, 0.3) is 0 Å². The number of aryl methyl sites for hydroxylation is 1. The van der Waals surface area contributed by atoms with Crippen molar-refractivity contribution in [1.82, 2.24) is 4.90 Å². The Labute approximate surface area is 111 Å². The number of rotatable bonds is 4. The molecule has 1 aromatic rings. The number of likely N-dealkylation sites (N-methyl/N-ethyl adjacent to an activating group) is 1. The SMILES string of the molecule is Cc1cccc(CCN(C)C2CCC(N)CC2)c1. The molecule has 0 bridgehead atoms. The molecule has 0 amide bonds. The third-order valence-corrected chi connectivity index (χ3v) is 4.20. The molecular formula is C16H26N2. The highest BCUT2D eigenvalue weighted by Gasteiger charge is 2.21. The molecule has 0 atom stereocenters. The van der Waals surface area contributed by atoms with Crippen LogP contribution in [0.3, 0.4) is 0 Å². The molecule has 0 heterocycles. The van der Waals surface area contributed by atoms with E-state index in [0.29, 0.717) is 6.04 Å². The van der Waals surface area contributed by atoms with E-state index >= 15 is 0 Å². The van der Waals surface area contributed by atoms with Gasteiger partial charge in [-0.3, -0.25) is 0 Å². The first-order chi connectivity index (χ1) is 8.65. The summed E-state index contributed by atoms with van der Waals surface area (Å²) in [6.07, 6.45) is 6.08. The zero-order valence-corrected chi connectivity index (χ0v) is 11.7. The second-order valence-corrected chi connectivity index (χ2v) is 5.79. The quantitative estimate of drug-likeness (QED) is 0.885. The minimum absolute atomic E-state index is 0.450. The fraction of sp³-hybridized carbons (Fsp3) is 0.625. The van der Waals surface area contributed by atoms with Crippen LogP contribution in [0.15, 0.2) is 24.3 Å². The topological polar surface area (TPSA) is 29.3 Å². The van der Waals surface area contributed by atoms with Gasteiger partial charge in [-0.1, -0.05) is 29.8 Å². The molecular weight excluding hydrogens is 220 g/mol. The molecule has 0 saturated heterocycles. The van der Waals surface area contributed by atoms with Crippen molar-refractivity contribution in [2.24, 2.45) is 5.73 Å². The number of nitrogens with two attached hydrogens (primary N) is 1. The number of hydrogen-bond donors (Lipinski definition) is 1. The average molecular weight is 246 g/mol. The lowest BCUT2D eigenvalue weighted by Gasteiger charge is -2.33. The van der Waals surface area contributed by atoms with Crippen LogP contribution >= 0.6 is 0 Å². The Morgan fingerprint density at radius 3 is 2.61 bits per heavy atom. The van der Waals surface area contributed by atoms with E-state index in [-0.39, 0.29) is 0 Å². The first kappa shape index (κ1) is 13.6. The first-order valence-electron chi connectivity index (χ1n) is 7.16. The molecule has 2 N–H and O–H groups in total. The van der Waals surface area contributed by atoms with Crippen molar-refractivity contribution in [1.29, 1.82) is 0 Å². The molecule has 100 valence electrons. The Bertz CT molecular complexity index is 367. The van der Waals surface area contributed by atoms with E-state index in [1.807, 2.05) is 0 Å². The van der Waals surface area contributed by atoms with Crippen LogP contribution in [0.1, 0.15) is 36.8 Å². The molecule has 1 saturated carbocycles. The predicted octanol–water partition coefficient (Wildman–Crippen LogP) is 2.74. The Hall–Kier alpha value is -0.860. The zero-order chi connectivity index (χ0) is 13.0. The van der Waals surface area contributed by atoms with Gasteiger partial charge in [0, 0.05) is 18.6 Å². The maximum Gasteiger partial charge on any atom is 0.00934 e. The lowest BCUT2D eigenvalue weighted by Crippen LogP contribution is -2.39. The zero-order valence-electron chi connectivity index (χ0n) is 11.7. The molecule has 0 aliphatic heterocycles. The van der Waals surface area contributed by atoms with Crippen LogP contribution in [0.2, 0.25) is 0 Å². The monoisotopic (exact) mass is 246 g/mol. The molecule has 0 spiro atoms. The first-order valence-corrected chi connectivity index (χ1v) is 7.16. The molecule has 1 fully saturated rings. The third-order valence-electron chi connectivity index (χ3n) is 4.20. The van der Waals surface area contributed by atoms with Crippen molar-refractivity contribution < 1.29 is 0 Å². The van der Waals surface area contributed by atoms with Gasteiger partial charge < -0.3 is 10.6 Å². The van der Waals surface area contributed by atoms with Crippen LogP contribution < -0.4 is 5.73 Å². The van der Waals surface area contributed by atoms with Crippen LogP contribution in [0, 0.1) is 6.92 Å². The van der Waals surface area contributed by atoms with E-state index in [9.17, 15) is 0 Å². The van der Waals surface area contributed by atoms with Crippen LogP contribution in [0.5, 0.6) is 0 Å². The lowest BCUT2D eigenvalue weighted by molar-refractivity contribution is 0.185. The summed E-state index contributed by atoms with van der Waals surface area (Å²) >= 11 is 0. The smallest absolute Gasteiger partial charge is 0.00934 e. The summed E-state index contributed by atoms with van der Waals surface area (Å²) in [6.45, 7) is 3.32. The summed E-state index contributed by atoms with van der Waals surface area (Å²) in [4.78, 5) is 2.52. The van der Waals surface area contributed by atoms with Gasteiger partial charge in [0.2, 0.25) is 0 Å². The fourth-order valence-electron chi connectivity index (χ4n) is 2.90. The molecule has 2 rings (SSSR count). The van der Waals surface area contributed by atoms with Gasteiger partial charge in [-0.2, -0.15) is 0 Å². The molecule has 0 unspecified atom stereocenters. The molecule has 0 radical (unpaired) electrons. The third kappa shape index (κ3) is 3.82. The molecule has 1 aliphatic rings. The predicted molar refractivity (Wildman–Crippen MR) is 77.7 cm³/mol. The van der Waals surface area contributed by atoms with Gasteiger partial charge in [-0.25, -0.2) is 0 Å². The van der Waals surface area contributed by atoms with Gasteiger partial charge in [0.15, 0.2) is 0 Å². The van der Waals surface area contributed by atoms with Crippen molar-refractivity contribution in [3.8, 4) is 0 Å². The molecule has 2 nitrogen and oxygen atoms in total. The Morgan fingerprint density at radius 2 is 1.94 bits per heavy atom. The molecule has 0 aromatic heterocycles. The van der Waals surface area contributed by atoms with Crippen molar-refractivity contribution >= 4 is 0 Å². The average Bonchev–Trinajstić information content (AvgIpc) is 2.37. The van der Waals surface area contributed by atoms with Crippen molar-refractivity contribution in [3.05, 3.63) is 35.4 Å². The normalized spacial score (nSPS) is 24.4. The van der Waals surface area contributed by atoms with Crippen LogP contribution in [-0.4, -0.2) is 30.6 Å². The van der Waals surface area contributed by atoms with Gasteiger partial charge in [0.05, 0.1) is 0 Å². The summed E-state index contributed by atoms with van der Waals surface area (Å²) < 4.78 is 0. The summed E-state index contributed by atoms with van der Waals surface area (Å²) in [5.74, 6) is 0. The van der Waals surface area contributed by atoms with Crippen LogP contribution in [-0.2, 0) is 6.42 Å². The highest BCUT2D eigenvalue weighted by atomic mass is 15.1. The van der Waals surface area contributed by atoms with Gasteiger partial charge in [0.25, 0.3) is 0 Å². The number of benzene rings is 1. The van der Waals surface area contributed by atoms with E-state index < -0.39 is 0 Å². The highest BCUT2D eigenvalue weighted by Crippen LogP contribution is 2.21. The van der Waals surface area contributed by atoms with E-state index in [1.54, 1.807) is 0 Å². The molecule has 18 heavy (non-hydrogen) atoms. The van der Waals surface area contributed by atoms with E-state index in [2.05, 4.69) is 43.1 Å². The second-order valence-electron chi connectivity index (χ2n) is 5.79. The van der Waals surface area contributed by atoms with Crippen molar-refractivity contribution in [2.75, 3.05) is 13.6 Å². The summed E-state index contributed by atoms with van der Waals surface area (Å²) in [6, 6.07) is 10.0. The van der Waals surface area contributed by atoms with E-state index in [0.717, 1.165) is 19.0 Å². The Morgan fingerprint density at radius 1 is 1.22 bits per heavy atom. The maximum absolute atomic E-state index is 5.96. The van der Waals surface area contributed by atoms with Gasteiger partial charge in [-0.05, 0) is 51.6 Å². The van der Waals surface area contributed by atoms with Crippen molar-refractivity contribution in [2.45, 2.75) is 51.1 Å². The standard InChI is InChI=1S/C16H26N2/c1-13-4-3-5-14(12-13)10-11-18(2)16-8-6-15(17)7-9-16/h3-5,12,15-16H,6-11,17H2,1-2H3. The minimum atomic E-state index is 0.450. The summed E-state index contributed by atoms with van der Waals surface area (Å²) in [7, 11) is 2.26. The maximum atomic E-state index is 5.96. The molecule has 1 aromatic carbocycles. The number of nitrogens with zero attached hydrogens (tertiary/aromatic N) is 1. The minimum Gasteiger partial charge on any atom is -0.328 e. The van der Waals surface area contributed by atoms with E-state index in [4.69, 9.17) is 5.73 Å². The highest BCUT2D eigenvalue weighted by molar-refractivity contribution is 5.22. The summed E-state index contributed by atoms with van der Waals surface area (Å²) in [5, 5.41) is 0. The Kier molecular flexibility index (Phi) is 4.79. The van der Waals surface area contributed by atoms with Crippen molar-refractivity contribution in [3.63, 3.8) is 0 Å². The number of hydrogen-bond acceptors (Lipinski definition) is 2. The largest absolute Gasteiger partial charge is 0.328 e. The summed E-state index contributed by atoms with van der Waals surface area (Å²) in [5.41, 5.74) is 8.77. The van der Waals surface area contributed by atoms with Gasteiger partial charge >= 0.3 is 0 Å². The fourth-order valence-corrected chi connectivity index (χ4v) is 2.90. The Balaban J connectivity index is 1.79. The lowest BCUT2D eigenvalue weighted by atomic mass is 9.91. The second kappa shape index (κ2) is 6.35. The van der Waals surface area contributed by atoms with Crippen LogP contribution in [0.4, 0.5) is 0 Å². The molecule has 2 heteroatoms. The van der Waals surface area contributed by atoms with E-state index in [1.165, 1.54) is 36.8 Å². The van der Waals surface area contributed by atoms with Gasteiger partial charge in [0.1, 0.15) is 0 Å². The van der Waals surface area contributed by atoms with Gasteiger partial charge in [-0.15, -0.1) is 0 Å². The molecule has 1 aliphatic carbocycles.